The van der Waals surface area contributed by atoms with Crippen LogP contribution in [0.15, 0.2) is 54.6 Å². The van der Waals surface area contributed by atoms with Crippen molar-refractivity contribution in [3.8, 4) is 5.75 Å². The first kappa shape index (κ1) is 12.7. The standard InChI is InChI=1S/C16H19NO/c1-14-7-5-6-8-15(14)13-17-11-12-18-16-9-3-2-4-10-16/h2-10,17H,11-13H2,1H3. The number of benzene rings is 2. The highest BCUT2D eigenvalue weighted by atomic mass is 16.5. The van der Waals surface area contributed by atoms with Crippen LogP contribution in [0.5, 0.6) is 5.75 Å². The first-order valence-electron chi connectivity index (χ1n) is 6.29. The smallest absolute Gasteiger partial charge is 0.119 e. The molecule has 0 unspecified atom stereocenters. The van der Waals surface area contributed by atoms with Gasteiger partial charge in [-0.3, -0.25) is 0 Å². The van der Waals surface area contributed by atoms with Crippen molar-refractivity contribution < 1.29 is 4.74 Å². The molecule has 0 atom stereocenters. The maximum Gasteiger partial charge on any atom is 0.119 e. The Hall–Kier alpha value is -1.80. The van der Waals surface area contributed by atoms with Crippen molar-refractivity contribution in [1.82, 2.24) is 5.32 Å². The van der Waals surface area contributed by atoms with E-state index in [0.717, 1.165) is 18.8 Å². The summed E-state index contributed by atoms with van der Waals surface area (Å²) in [6.45, 7) is 4.57. The Morgan fingerprint density at radius 1 is 0.944 bits per heavy atom. The zero-order valence-corrected chi connectivity index (χ0v) is 10.7. The Morgan fingerprint density at radius 3 is 2.44 bits per heavy atom. The van der Waals surface area contributed by atoms with Crippen molar-refractivity contribution in [2.24, 2.45) is 0 Å². The topological polar surface area (TPSA) is 21.3 Å². The minimum absolute atomic E-state index is 0.690. The highest BCUT2D eigenvalue weighted by Crippen LogP contribution is 2.08. The van der Waals surface area contributed by atoms with Crippen molar-refractivity contribution in [2.45, 2.75) is 13.5 Å². The molecule has 0 saturated heterocycles. The van der Waals surface area contributed by atoms with Gasteiger partial charge >= 0.3 is 0 Å². The Morgan fingerprint density at radius 2 is 1.67 bits per heavy atom. The number of ether oxygens (including phenoxy) is 1. The molecular formula is C16H19NO. The molecule has 94 valence electrons. The molecule has 0 amide bonds. The average Bonchev–Trinajstić information content (AvgIpc) is 2.42. The number of hydrogen-bond donors (Lipinski definition) is 1. The second-order valence-electron chi connectivity index (χ2n) is 4.26. The van der Waals surface area contributed by atoms with Gasteiger partial charge in [0.2, 0.25) is 0 Å². The number of para-hydroxylation sites is 1. The largest absolute Gasteiger partial charge is 0.492 e. The average molecular weight is 241 g/mol. The van der Waals surface area contributed by atoms with Crippen LogP contribution in [0.1, 0.15) is 11.1 Å². The third-order valence-corrected chi connectivity index (χ3v) is 2.87. The molecule has 2 heteroatoms. The minimum Gasteiger partial charge on any atom is -0.492 e. The summed E-state index contributed by atoms with van der Waals surface area (Å²) >= 11 is 0. The van der Waals surface area contributed by atoms with Crippen LogP contribution in [0, 0.1) is 6.92 Å². The zero-order chi connectivity index (χ0) is 12.6. The Bertz CT molecular complexity index is 468. The molecule has 1 N–H and O–H groups in total. The fourth-order valence-electron chi connectivity index (χ4n) is 1.79. The molecule has 0 aliphatic heterocycles. The van der Waals surface area contributed by atoms with E-state index >= 15 is 0 Å². The first-order chi connectivity index (χ1) is 8.86. The lowest BCUT2D eigenvalue weighted by Crippen LogP contribution is -2.20. The summed E-state index contributed by atoms with van der Waals surface area (Å²) < 4.78 is 5.61. The molecule has 0 heterocycles. The number of nitrogens with one attached hydrogen (secondary N) is 1. The van der Waals surface area contributed by atoms with Crippen molar-refractivity contribution in [1.29, 1.82) is 0 Å². The quantitative estimate of drug-likeness (QED) is 0.784. The molecule has 2 aromatic rings. The Balaban J connectivity index is 1.66. The molecule has 0 aliphatic rings. The Labute approximate surface area is 109 Å². The van der Waals surface area contributed by atoms with Crippen LogP contribution in [0.3, 0.4) is 0 Å². The van der Waals surface area contributed by atoms with Crippen molar-refractivity contribution in [3.05, 3.63) is 65.7 Å². The van der Waals surface area contributed by atoms with Gasteiger partial charge in [-0.2, -0.15) is 0 Å². The van der Waals surface area contributed by atoms with Gasteiger partial charge in [0.15, 0.2) is 0 Å². The van der Waals surface area contributed by atoms with Gasteiger partial charge in [0.25, 0.3) is 0 Å². The van der Waals surface area contributed by atoms with E-state index in [9.17, 15) is 0 Å². The van der Waals surface area contributed by atoms with E-state index in [2.05, 4.69) is 36.5 Å². The van der Waals surface area contributed by atoms with Crippen LogP contribution >= 0.6 is 0 Å². The molecule has 0 fully saturated rings. The van der Waals surface area contributed by atoms with E-state index in [1.165, 1.54) is 11.1 Å². The van der Waals surface area contributed by atoms with Gasteiger partial charge in [-0.05, 0) is 30.2 Å². The molecule has 18 heavy (non-hydrogen) atoms. The third-order valence-electron chi connectivity index (χ3n) is 2.87. The third kappa shape index (κ3) is 3.90. The minimum atomic E-state index is 0.690. The molecule has 0 saturated carbocycles. The number of hydrogen-bond acceptors (Lipinski definition) is 2. The van der Waals surface area contributed by atoms with Crippen LogP contribution in [-0.2, 0) is 6.54 Å². The molecule has 0 aromatic heterocycles. The summed E-state index contributed by atoms with van der Waals surface area (Å²) in [5.41, 5.74) is 2.67. The zero-order valence-electron chi connectivity index (χ0n) is 10.7. The maximum atomic E-state index is 5.61. The molecule has 2 aromatic carbocycles. The van der Waals surface area contributed by atoms with Crippen molar-refractivity contribution in [2.75, 3.05) is 13.2 Å². The lowest BCUT2D eigenvalue weighted by atomic mass is 10.1. The molecular weight excluding hydrogens is 222 g/mol. The summed E-state index contributed by atoms with van der Waals surface area (Å²) in [4.78, 5) is 0. The van der Waals surface area contributed by atoms with Gasteiger partial charge in [-0.1, -0.05) is 42.5 Å². The van der Waals surface area contributed by atoms with E-state index in [-0.39, 0.29) is 0 Å². The van der Waals surface area contributed by atoms with Gasteiger partial charge < -0.3 is 10.1 Å². The molecule has 0 spiro atoms. The van der Waals surface area contributed by atoms with Crippen LogP contribution in [0.25, 0.3) is 0 Å². The van der Waals surface area contributed by atoms with Gasteiger partial charge in [-0.25, -0.2) is 0 Å². The number of aryl methyl sites for hydroxylation is 1. The summed E-state index contributed by atoms with van der Waals surface area (Å²) in [6.07, 6.45) is 0. The second-order valence-corrected chi connectivity index (χ2v) is 4.26. The van der Waals surface area contributed by atoms with E-state index in [4.69, 9.17) is 4.74 Å². The second kappa shape index (κ2) is 6.82. The van der Waals surface area contributed by atoms with Gasteiger partial charge in [0.1, 0.15) is 12.4 Å². The summed E-state index contributed by atoms with van der Waals surface area (Å²) in [5, 5.41) is 3.39. The monoisotopic (exact) mass is 241 g/mol. The predicted molar refractivity (Wildman–Crippen MR) is 74.8 cm³/mol. The molecule has 2 nitrogen and oxygen atoms in total. The van der Waals surface area contributed by atoms with E-state index < -0.39 is 0 Å². The van der Waals surface area contributed by atoms with E-state index in [0.29, 0.717) is 6.61 Å². The lowest BCUT2D eigenvalue weighted by Gasteiger charge is -2.09. The molecule has 0 radical (unpaired) electrons. The highest BCUT2D eigenvalue weighted by molar-refractivity contribution is 5.25. The first-order valence-corrected chi connectivity index (χ1v) is 6.29. The van der Waals surface area contributed by atoms with Gasteiger partial charge in [0, 0.05) is 13.1 Å². The summed E-state index contributed by atoms with van der Waals surface area (Å²) in [7, 11) is 0. The lowest BCUT2D eigenvalue weighted by molar-refractivity contribution is 0.313. The predicted octanol–water partition coefficient (Wildman–Crippen LogP) is 3.16. The molecule has 0 bridgehead atoms. The fourth-order valence-corrected chi connectivity index (χ4v) is 1.79. The van der Waals surface area contributed by atoms with Crippen LogP contribution in [-0.4, -0.2) is 13.2 Å². The Kier molecular flexibility index (Phi) is 4.79. The maximum absolute atomic E-state index is 5.61. The summed E-state index contributed by atoms with van der Waals surface area (Å²) in [5.74, 6) is 0.926. The normalized spacial score (nSPS) is 10.3. The van der Waals surface area contributed by atoms with Crippen LogP contribution < -0.4 is 10.1 Å². The SMILES string of the molecule is Cc1ccccc1CNCCOc1ccccc1. The number of rotatable bonds is 6. The highest BCUT2D eigenvalue weighted by Gasteiger charge is 1.96. The summed E-state index contributed by atoms with van der Waals surface area (Å²) in [6, 6.07) is 18.3. The van der Waals surface area contributed by atoms with E-state index in [1.807, 2.05) is 30.3 Å². The van der Waals surface area contributed by atoms with Crippen LogP contribution in [0.2, 0.25) is 0 Å². The van der Waals surface area contributed by atoms with Gasteiger partial charge in [-0.15, -0.1) is 0 Å². The van der Waals surface area contributed by atoms with Crippen molar-refractivity contribution in [3.63, 3.8) is 0 Å². The van der Waals surface area contributed by atoms with Gasteiger partial charge in [0.05, 0.1) is 0 Å². The van der Waals surface area contributed by atoms with Crippen molar-refractivity contribution >= 4 is 0 Å². The molecule has 0 aliphatic carbocycles. The van der Waals surface area contributed by atoms with E-state index in [1.54, 1.807) is 0 Å². The fraction of sp³-hybridized carbons (Fsp3) is 0.250. The van der Waals surface area contributed by atoms with Crippen LogP contribution in [0.4, 0.5) is 0 Å². The molecule has 2 rings (SSSR count).